The van der Waals surface area contributed by atoms with E-state index in [2.05, 4.69) is 23.1 Å². The molecule has 2 atom stereocenters. The van der Waals surface area contributed by atoms with Gasteiger partial charge in [-0.25, -0.2) is 0 Å². The molecule has 0 aliphatic rings. The van der Waals surface area contributed by atoms with Crippen LogP contribution in [-0.4, -0.2) is 16.3 Å². The van der Waals surface area contributed by atoms with Gasteiger partial charge in [0, 0.05) is 5.56 Å². The summed E-state index contributed by atoms with van der Waals surface area (Å²) in [7, 11) is 0. The highest BCUT2D eigenvalue weighted by molar-refractivity contribution is 7.81. The first-order valence-electron chi connectivity index (χ1n) is 5.75. The maximum Gasteiger partial charge on any atom is 0.233 e. The normalized spacial score (nSPS) is 14.8. The summed E-state index contributed by atoms with van der Waals surface area (Å²) in [6.07, 6.45) is 0. The van der Waals surface area contributed by atoms with E-state index in [9.17, 15) is 4.79 Å². The molecule has 0 saturated heterocycles. The van der Waals surface area contributed by atoms with Crippen LogP contribution in [0.25, 0.3) is 0 Å². The Bertz CT molecular complexity index is 382. The Labute approximate surface area is 108 Å². The Hall–Kier alpha value is -0.970. The number of nitrogens with one attached hydrogen (secondary N) is 1. The molecule has 1 amide bonds. The van der Waals surface area contributed by atoms with Crippen LogP contribution in [-0.2, 0) is 4.79 Å². The number of aromatic nitrogens is 1. The Kier molecular flexibility index (Phi) is 4.62. The van der Waals surface area contributed by atoms with E-state index in [0.29, 0.717) is 0 Å². The Balaban J connectivity index is 2.73. The third-order valence-corrected chi connectivity index (χ3v) is 3.61. The predicted octanol–water partition coefficient (Wildman–Crippen LogP) is 2.42. The van der Waals surface area contributed by atoms with Gasteiger partial charge in [0.1, 0.15) is 5.76 Å². The second kappa shape index (κ2) is 5.58. The molecule has 1 rings (SSSR count). The molecule has 17 heavy (non-hydrogen) atoms. The molecule has 1 aromatic heterocycles. The lowest BCUT2D eigenvalue weighted by Crippen LogP contribution is -2.36. The smallest absolute Gasteiger partial charge is 0.233 e. The zero-order valence-electron chi connectivity index (χ0n) is 10.9. The molecule has 5 heteroatoms. The third-order valence-electron chi connectivity index (χ3n) is 2.78. The van der Waals surface area contributed by atoms with Gasteiger partial charge in [-0.15, -0.1) is 0 Å². The molecular weight excluding hydrogens is 236 g/mol. The SMILES string of the molecule is Cc1noc(C)c1C(C)NC(=O)C(S)C(C)C. The lowest BCUT2D eigenvalue weighted by Gasteiger charge is -2.19. The standard InChI is InChI=1S/C12H20N2O2S/c1-6(2)11(17)12(15)13-7(3)10-8(4)14-16-9(10)5/h6-7,11,17H,1-5H3,(H,13,15). The number of hydrogen-bond donors (Lipinski definition) is 2. The minimum Gasteiger partial charge on any atom is -0.361 e. The van der Waals surface area contributed by atoms with Gasteiger partial charge in [-0.2, -0.15) is 12.6 Å². The monoisotopic (exact) mass is 256 g/mol. The van der Waals surface area contributed by atoms with Gasteiger partial charge >= 0.3 is 0 Å². The summed E-state index contributed by atoms with van der Waals surface area (Å²) in [6.45, 7) is 9.58. The number of hydrogen-bond acceptors (Lipinski definition) is 4. The first-order chi connectivity index (χ1) is 7.84. The molecule has 1 aromatic rings. The minimum absolute atomic E-state index is 0.0594. The van der Waals surface area contributed by atoms with E-state index in [-0.39, 0.29) is 23.1 Å². The summed E-state index contributed by atoms with van der Waals surface area (Å²) < 4.78 is 5.09. The van der Waals surface area contributed by atoms with Crippen LogP contribution >= 0.6 is 12.6 Å². The van der Waals surface area contributed by atoms with Gasteiger partial charge in [-0.1, -0.05) is 19.0 Å². The Morgan fingerprint density at radius 3 is 2.35 bits per heavy atom. The van der Waals surface area contributed by atoms with Crippen LogP contribution in [0.1, 0.15) is 43.8 Å². The van der Waals surface area contributed by atoms with Crippen LogP contribution in [0.4, 0.5) is 0 Å². The summed E-state index contributed by atoms with van der Waals surface area (Å²) in [5.74, 6) is 0.890. The van der Waals surface area contributed by atoms with Crippen molar-refractivity contribution >= 4 is 18.5 Å². The lowest BCUT2D eigenvalue weighted by atomic mass is 10.1. The molecule has 0 aromatic carbocycles. The van der Waals surface area contributed by atoms with Crippen LogP contribution < -0.4 is 5.32 Å². The van der Waals surface area contributed by atoms with Crippen molar-refractivity contribution in [1.29, 1.82) is 0 Å². The lowest BCUT2D eigenvalue weighted by molar-refractivity contribution is -0.121. The van der Waals surface area contributed by atoms with Gasteiger partial charge < -0.3 is 9.84 Å². The van der Waals surface area contributed by atoms with E-state index in [1.54, 1.807) is 0 Å². The molecule has 0 radical (unpaired) electrons. The van der Waals surface area contributed by atoms with Crippen LogP contribution in [0.2, 0.25) is 0 Å². The molecule has 0 saturated carbocycles. The summed E-state index contributed by atoms with van der Waals surface area (Å²) in [5.41, 5.74) is 1.76. The van der Waals surface area contributed by atoms with Gasteiger partial charge in [0.2, 0.25) is 5.91 Å². The quantitative estimate of drug-likeness (QED) is 0.813. The van der Waals surface area contributed by atoms with Gasteiger partial charge in [0.15, 0.2) is 0 Å². The summed E-state index contributed by atoms with van der Waals surface area (Å²) >= 11 is 4.29. The largest absolute Gasteiger partial charge is 0.361 e. The molecule has 0 fully saturated rings. The van der Waals surface area contributed by atoms with Crippen molar-refractivity contribution < 1.29 is 9.32 Å². The maximum absolute atomic E-state index is 11.9. The molecule has 0 aliphatic heterocycles. The number of nitrogens with zero attached hydrogens (tertiary/aromatic N) is 1. The zero-order valence-corrected chi connectivity index (χ0v) is 11.8. The van der Waals surface area contributed by atoms with E-state index < -0.39 is 0 Å². The van der Waals surface area contributed by atoms with Crippen LogP contribution in [0.5, 0.6) is 0 Å². The highest BCUT2D eigenvalue weighted by atomic mass is 32.1. The van der Waals surface area contributed by atoms with Gasteiger partial charge in [-0.05, 0) is 26.7 Å². The maximum atomic E-state index is 11.9. The van der Waals surface area contributed by atoms with Crippen molar-refractivity contribution in [3.05, 3.63) is 17.0 Å². The number of aryl methyl sites for hydroxylation is 2. The van der Waals surface area contributed by atoms with E-state index >= 15 is 0 Å². The van der Waals surface area contributed by atoms with E-state index in [0.717, 1.165) is 17.0 Å². The fourth-order valence-corrected chi connectivity index (χ4v) is 1.86. The number of carbonyl (C=O) groups excluding carboxylic acids is 1. The van der Waals surface area contributed by atoms with Gasteiger partial charge in [-0.3, -0.25) is 4.79 Å². The molecule has 4 nitrogen and oxygen atoms in total. The molecule has 96 valence electrons. The van der Waals surface area contributed by atoms with E-state index in [4.69, 9.17) is 4.52 Å². The van der Waals surface area contributed by atoms with Crippen molar-refractivity contribution in [2.24, 2.45) is 5.92 Å². The number of carbonyl (C=O) groups is 1. The third kappa shape index (κ3) is 3.25. The summed E-state index contributed by atoms with van der Waals surface area (Å²) in [5, 5.41) is 6.52. The van der Waals surface area contributed by atoms with Gasteiger partial charge in [0.25, 0.3) is 0 Å². The molecule has 0 spiro atoms. The summed E-state index contributed by atoms with van der Waals surface area (Å²) in [4.78, 5) is 11.9. The summed E-state index contributed by atoms with van der Waals surface area (Å²) in [6, 6.07) is -0.109. The van der Waals surface area contributed by atoms with Crippen molar-refractivity contribution in [3.8, 4) is 0 Å². The van der Waals surface area contributed by atoms with Crippen molar-refractivity contribution in [2.75, 3.05) is 0 Å². The zero-order chi connectivity index (χ0) is 13.2. The van der Waals surface area contributed by atoms with Crippen LogP contribution in [0.3, 0.4) is 0 Å². The topological polar surface area (TPSA) is 55.1 Å². The van der Waals surface area contributed by atoms with E-state index in [1.807, 2.05) is 34.6 Å². The van der Waals surface area contributed by atoms with E-state index in [1.165, 1.54) is 0 Å². The average molecular weight is 256 g/mol. The van der Waals surface area contributed by atoms with Crippen LogP contribution in [0, 0.1) is 19.8 Å². The highest BCUT2D eigenvalue weighted by Crippen LogP contribution is 2.21. The average Bonchev–Trinajstić information content (AvgIpc) is 2.56. The Morgan fingerprint density at radius 1 is 1.35 bits per heavy atom. The molecule has 0 bridgehead atoms. The number of amides is 1. The Morgan fingerprint density at radius 2 is 1.94 bits per heavy atom. The van der Waals surface area contributed by atoms with Crippen molar-refractivity contribution in [3.63, 3.8) is 0 Å². The van der Waals surface area contributed by atoms with Crippen LogP contribution in [0.15, 0.2) is 4.52 Å². The fraction of sp³-hybridized carbons (Fsp3) is 0.667. The predicted molar refractivity (Wildman–Crippen MR) is 70.1 cm³/mol. The molecular formula is C12H20N2O2S. The molecule has 1 heterocycles. The number of rotatable bonds is 4. The minimum atomic E-state index is -0.294. The molecule has 2 unspecified atom stereocenters. The first kappa shape index (κ1) is 14.1. The van der Waals surface area contributed by atoms with Crippen molar-refractivity contribution in [1.82, 2.24) is 10.5 Å². The second-order valence-electron chi connectivity index (χ2n) is 4.66. The fourth-order valence-electron chi connectivity index (χ4n) is 1.78. The second-order valence-corrected chi connectivity index (χ2v) is 5.21. The molecule has 1 N–H and O–H groups in total. The molecule has 0 aliphatic carbocycles. The van der Waals surface area contributed by atoms with Gasteiger partial charge in [0.05, 0.1) is 17.0 Å². The first-order valence-corrected chi connectivity index (χ1v) is 6.27. The highest BCUT2D eigenvalue weighted by Gasteiger charge is 2.22. The van der Waals surface area contributed by atoms with Crippen molar-refractivity contribution in [2.45, 2.75) is 45.9 Å². The number of thiol groups is 1.